The molecule has 13 heteroatoms. The predicted octanol–water partition coefficient (Wildman–Crippen LogP) is 0.632. The maximum absolute atomic E-state index is 13.2. The van der Waals surface area contributed by atoms with E-state index in [1.165, 1.54) is 10.6 Å². The van der Waals surface area contributed by atoms with Crippen LogP contribution in [0.15, 0.2) is 41.3 Å². The number of imide groups is 1. The van der Waals surface area contributed by atoms with Gasteiger partial charge in [0.2, 0.25) is 11.8 Å². The number of rotatable bonds is 5. The number of nitro groups is 1. The third kappa shape index (κ3) is 3.99. The number of benzene rings is 1. The van der Waals surface area contributed by atoms with E-state index in [2.05, 4.69) is 25.0 Å². The van der Waals surface area contributed by atoms with Crippen molar-refractivity contribution in [2.45, 2.75) is 24.9 Å². The molecule has 3 aliphatic rings. The Morgan fingerprint density at radius 2 is 1.79 bits per heavy atom. The number of nitrogens with zero attached hydrogens (tertiary/aromatic N) is 7. The van der Waals surface area contributed by atoms with Gasteiger partial charge in [-0.25, -0.2) is 4.79 Å². The fourth-order valence-electron chi connectivity index (χ4n) is 5.80. The average Bonchev–Trinajstić information content (AvgIpc) is 3.14. The second-order valence-corrected chi connectivity index (χ2v) is 10.0. The molecule has 1 atom stereocenters. The first-order chi connectivity index (χ1) is 18.3. The van der Waals surface area contributed by atoms with Gasteiger partial charge in [0.15, 0.2) is 6.20 Å². The molecule has 6 rings (SSSR count). The Labute approximate surface area is 217 Å². The second-order valence-electron chi connectivity index (χ2n) is 10.0. The van der Waals surface area contributed by atoms with Gasteiger partial charge in [-0.1, -0.05) is 6.07 Å². The Bertz CT molecular complexity index is 1480. The molecule has 1 N–H and O–H groups in total. The van der Waals surface area contributed by atoms with Crippen LogP contribution >= 0.6 is 0 Å². The first-order valence-electron chi connectivity index (χ1n) is 12.7. The van der Waals surface area contributed by atoms with Gasteiger partial charge in [-0.05, 0) is 34.5 Å². The van der Waals surface area contributed by atoms with Gasteiger partial charge in [0.1, 0.15) is 6.04 Å². The van der Waals surface area contributed by atoms with Crippen molar-refractivity contribution in [3.8, 4) is 0 Å². The first kappa shape index (κ1) is 24.1. The molecular formula is C25H28N8O5. The molecule has 0 saturated carbocycles. The number of piperazine rings is 1. The lowest BCUT2D eigenvalue weighted by molar-refractivity contribution is -0.389. The molecule has 3 aliphatic heterocycles. The topological polar surface area (TPSA) is 139 Å². The number of hydrogen-bond donors (Lipinski definition) is 1. The first-order valence-corrected chi connectivity index (χ1v) is 12.7. The number of aryl methyl sites for hydroxylation is 1. The van der Waals surface area contributed by atoms with Crippen molar-refractivity contribution >= 4 is 40.0 Å². The lowest BCUT2D eigenvalue weighted by Crippen LogP contribution is -2.63. The van der Waals surface area contributed by atoms with Crippen molar-refractivity contribution in [2.75, 3.05) is 49.1 Å². The summed E-state index contributed by atoms with van der Waals surface area (Å²) in [6.07, 6.45) is 2.07. The van der Waals surface area contributed by atoms with Crippen molar-refractivity contribution < 1.29 is 14.5 Å². The minimum atomic E-state index is -0.705. The molecule has 3 aromatic rings. The molecule has 38 heavy (non-hydrogen) atoms. The van der Waals surface area contributed by atoms with Gasteiger partial charge >= 0.3 is 11.5 Å². The molecule has 0 spiro atoms. The Morgan fingerprint density at radius 1 is 1.03 bits per heavy atom. The van der Waals surface area contributed by atoms with Crippen molar-refractivity contribution in [3.63, 3.8) is 0 Å². The third-order valence-electron chi connectivity index (χ3n) is 7.92. The Hall–Kier alpha value is -4.26. The number of para-hydroxylation sites is 1. The molecular weight excluding hydrogens is 492 g/mol. The second kappa shape index (κ2) is 9.24. The number of fused-ring (bicyclic) bond motifs is 1. The summed E-state index contributed by atoms with van der Waals surface area (Å²) in [4.78, 5) is 58.6. The quantitative estimate of drug-likeness (QED) is 0.292. The number of amides is 2. The molecule has 2 aromatic heterocycles. The standard InChI is InChI=1S/C25H28N8O5/c1-28-23-18(3-2-4-19(23)32(25(28)36)20-6-8-22(34)27-24(20)35)30-11-9-29(10-12-30)17-14-31(15-17)16-5-7-21(26-13-16)33(37)38/h2-5,7,13,17,20H,6,8-12,14-15H2,1H3,(H,27,34,35). The van der Waals surface area contributed by atoms with E-state index in [0.717, 1.165) is 56.2 Å². The van der Waals surface area contributed by atoms with Gasteiger partial charge in [0.05, 0.1) is 22.4 Å². The minimum absolute atomic E-state index is 0.151. The maximum Gasteiger partial charge on any atom is 0.363 e. The van der Waals surface area contributed by atoms with Crippen molar-refractivity contribution in [1.82, 2.24) is 24.3 Å². The molecule has 0 radical (unpaired) electrons. The average molecular weight is 521 g/mol. The number of carbonyl (C=O) groups excluding carboxylic acids is 2. The molecule has 3 fully saturated rings. The van der Waals surface area contributed by atoms with E-state index in [9.17, 15) is 24.5 Å². The summed E-state index contributed by atoms with van der Waals surface area (Å²) >= 11 is 0. The number of pyridine rings is 1. The summed E-state index contributed by atoms with van der Waals surface area (Å²) in [6.45, 7) is 5.03. The molecule has 1 aromatic carbocycles. The van der Waals surface area contributed by atoms with E-state index < -0.39 is 16.9 Å². The summed E-state index contributed by atoms with van der Waals surface area (Å²) in [5, 5.41) is 13.2. The van der Waals surface area contributed by atoms with Crippen LogP contribution in [0.25, 0.3) is 11.0 Å². The van der Waals surface area contributed by atoms with Crippen LogP contribution < -0.4 is 20.8 Å². The number of hydrogen-bond acceptors (Lipinski definition) is 9. The van der Waals surface area contributed by atoms with E-state index in [4.69, 9.17) is 0 Å². The van der Waals surface area contributed by atoms with Gasteiger partial charge in [-0.15, -0.1) is 0 Å². The van der Waals surface area contributed by atoms with Crippen LogP contribution in [0.1, 0.15) is 18.9 Å². The molecule has 0 aliphatic carbocycles. The summed E-state index contributed by atoms with van der Waals surface area (Å²) in [7, 11) is 1.73. The minimum Gasteiger partial charge on any atom is -0.367 e. The lowest BCUT2D eigenvalue weighted by Gasteiger charge is -2.49. The molecule has 2 amide bonds. The highest BCUT2D eigenvalue weighted by atomic mass is 16.6. The molecule has 3 saturated heterocycles. The number of carbonyl (C=O) groups is 2. The number of aromatic nitrogens is 3. The monoisotopic (exact) mass is 520 g/mol. The largest absolute Gasteiger partial charge is 0.367 e. The highest BCUT2D eigenvalue weighted by molar-refractivity contribution is 6.00. The number of piperidine rings is 1. The van der Waals surface area contributed by atoms with E-state index >= 15 is 0 Å². The Morgan fingerprint density at radius 3 is 2.45 bits per heavy atom. The molecule has 1 unspecified atom stereocenters. The smallest absolute Gasteiger partial charge is 0.363 e. The molecule has 0 bridgehead atoms. The van der Waals surface area contributed by atoms with E-state index in [-0.39, 0.29) is 23.8 Å². The summed E-state index contributed by atoms with van der Waals surface area (Å²) in [5.41, 5.74) is 3.06. The van der Waals surface area contributed by atoms with Gasteiger partial charge in [-0.3, -0.25) is 28.9 Å². The van der Waals surface area contributed by atoms with Crippen molar-refractivity contribution in [1.29, 1.82) is 0 Å². The summed E-state index contributed by atoms with van der Waals surface area (Å²) in [5.74, 6) is -0.895. The maximum atomic E-state index is 13.2. The summed E-state index contributed by atoms with van der Waals surface area (Å²) in [6, 6.07) is 8.65. The van der Waals surface area contributed by atoms with Crippen LogP contribution in [0.2, 0.25) is 0 Å². The van der Waals surface area contributed by atoms with Crippen LogP contribution in [0.3, 0.4) is 0 Å². The van der Waals surface area contributed by atoms with Crippen LogP contribution in [0, 0.1) is 10.1 Å². The van der Waals surface area contributed by atoms with Crippen LogP contribution in [-0.2, 0) is 16.6 Å². The zero-order valence-corrected chi connectivity index (χ0v) is 20.9. The fourth-order valence-corrected chi connectivity index (χ4v) is 5.80. The SMILES string of the molecule is Cn1c(=O)n(C2CCC(=O)NC2=O)c2cccc(N3CCN(C4CN(c5ccc([N+](=O)[O-])nc5)C4)CC3)c21. The number of nitrogens with one attached hydrogen (secondary N) is 1. The van der Waals surface area contributed by atoms with Gasteiger partial charge in [0.25, 0.3) is 0 Å². The third-order valence-corrected chi connectivity index (χ3v) is 7.92. The number of imidazole rings is 1. The van der Waals surface area contributed by atoms with E-state index in [1.807, 2.05) is 18.2 Å². The van der Waals surface area contributed by atoms with Crippen LogP contribution in [0.5, 0.6) is 0 Å². The highest BCUT2D eigenvalue weighted by Crippen LogP contribution is 2.31. The highest BCUT2D eigenvalue weighted by Gasteiger charge is 2.35. The van der Waals surface area contributed by atoms with E-state index in [0.29, 0.717) is 18.0 Å². The normalized spacial score (nSPS) is 21.0. The fraction of sp³-hybridized carbons (Fsp3) is 0.440. The zero-order chi connectivity index (χ0) is 26.6. The predicted molar refractivity (Wildman–Crippen MR) is 139 cm³/mol. The number of anilines is 2. The van der Waals surface area contributed by atoms with Crippen LogP contribution in [-0.4, -0.2) is 81.1 Å². The van der Waals surface area contributed by atoms with Crippen molar-refractivity contribution in [2.24, 2.45) is 7.05 Å². The molecule has 198 valence electrons. The van der Waals surface area contributed by atoms with Crippen molar-refractivity contribution in [3.05, 3.63) is 57.1 Å². The van der Waals surface area contributed by atoms with Crippen LogP contribution in [0.4, 0.5) is 17.2 Å². The Balaban J connectivity index is 1.15. The molecule has 13 nitrogen and oxygen atoms in total. The zero-order valence-electron chi connectivity index (χ0n) is 20.9. The van der Waals surface area contributed by atoms with Gasteiger partial charge < -0.3 is 19.9 Å². The Kier molecular flexibility index (Phi) is 5.86. The summed E-state index contributed by atoms with van der Waals surface area (Å²) < 4.78 is 3.12. The van der Waals surface area contributed by atoms with E-state index in [1.54, 1.807) is 23.9 Å². The lowest BCUT2D eigenvalue weighted by atomic mass is 10.0. The van der Waals surface area contributed by atoms with Gasteiger partial charge in [0, 0.05) is 64.8 Å². The van der Waals surface area contributed by atoms with Gasteiger partial charge in [-0.2, -0.15) is 0 Å². The molecule has 5 heterocycles.